The lowest BCUT2D eigenvalue weighted by Crippen LogP contribution is -2.26. The van der Waals surface area contributed by atoms with Gasteiger partial charge in [-0.05, 0) is 31.4 Å². The van der Waals surface area contributed by atoms with Crippen LogP contribution in [0.2, 0.25) is 0 Å². The molecule has 5 heteroatoms. The van der Waals surface area contributed by atoms with Crippen molar-refractivity contribution >= 4 is 17.3 Å². The topological polar surface area (TPSA) is 74.2 Å². The molecule has 1 aromatic carbocycles. The molecular formula is C16H21N3O2. The zero-order valence-corrected chi connectivity index (χ0v) is 12.5. The number of methoxy groups -OCH3 is 1. The van der Waals surface area contributed by atoms with Gasteiger partial charge in [0.25, 0.3) is 0 Å². The summed E-state index contributed by atoms with van der Waals surface area (Å²) in [6, 6.07) is 8.20. The van der Waals surface area contributed by atoms with Crippen LogP contribution in [-0.2, 0) is 4.79 Å². The molecule has 0 radical (unpaired) electrons. The third-order valence-corrected chi connectivity index (χ3v) is 3.74. The summed E-state index contributed by atoms with van der Waals surface area (Å²) in [7, 11) is 1.61. The molecule has 0 unspecified atom stereocenters. The molecule has 0 heterocycles. The van der Waals surface area contributed by atoms with Crippen LogP contribution >= 0.6 is 0 Å². The van der Waals surface area contributed by atoms with E-state index in [0.29, 0.717) is 17.5 Å². The normalized spacial score (nSPS) is 21.2. The zero-order chi connectivity index (χ0) is 15.2. The molecule has 2 N–H and O–H groups in total. The maximum absolute atomic E-state index is 11.1. The van der Waals surface area contributed by atoms with Gasteiger partial charge in [0.05, 0.1) is 18.9 Å². The molecule has 1 fully saturated rings. The fourth-order valence-electron chi connectivity index (χ4n) is 2.75. The molecule has 0 aromatic heterocycles. The number of nitriles is 1. The van der Waals surface area contributed by atoms with E-state index in [1.807, 2.05) is 12.1 Å². The van der Waals surface area contributed by atoms with E-state index in [2.05, 4.69) is 16.7 Å². The molecule has 1 amide bonds. The molecule has 1 aliphatic carbocycles. The Morgan fingerprint density at radius 3 is 2.90 bits per heavy atom. The quantitative estimate of drug-likeness (QED) is 0.892. The van der Waals surface area contributed by atoms with Gasteiger partial charge in [0.15, 0.2) is 0 Å². The summed E-state index contributed by atoms with van der Waals surface area (Å²) < 4.78 is 5.38. The molecule has 2 rings (SSSR count). The Morgan fingerprint density at radius 1 is 1.43 bits per heavy atom. The van der Waals surface area contributed by atoms with E-state index in [1.165, 1.54) is 6.92 Å². The lowest BCUT2D eigenvalue weighted by Gasteiger charge is -2.27. The maximum Gasteiger partial charge on any atom is 0.221 e. The summed E-state index contributed by atoms with van der Waals surface area (Å²) >= 11 is 0. The summed E-state index contributed by atoms with van der Waals surface area (Å²) in [4.78, 5) is 11.1. The third kappa shape index (κ3) is 4.12. The van der Waals surface area contributed by atoms with Gasteiger partial charge in [-0.1, -0.05) is 6.42 Å². The fraction of sp³-hybridized carbons (Fsp3) is 0.500. The second-order valence-corrected chi connectivity index (χ2v) is 5.43. The minimum atomic E-state index is -0.109. The van der Waals surface area contributed by atoms with Crippen LogP contribution in [0.15, 0.2) is 18.2 Å². The first kappa shape index (κ1) is 15.2. The van der Waals surface area contributed by atoms with Crippen molar-refractivity contribution in [1.82, 2.24) is 0 Å². The highest BCUT2D eigenvalue weighted by Crippen LogP contribution is 2.32. The van der Waals surface area contributed by atoms with Crippen LogP contribution in [-0.4, -0.2) is 19.1 Å². The van der Waals surface area contributed by atoms with Crippen molar-refractivity contribution in [3.8, 4) is 11.8 Å². The summed E-state index contributed by atoms with van der Waals surface area (Å²) in [6.45, 7) is 1.47. The Kier molecular flexibility index (Phi) is 5.04. The average Bonchev–Trinajstić information content (AvgIpc) is 2.48. The predicted octanol–water partition coefficient (Wildman–Crippen LogP) is 3.15. The van der Waals surface area contributed by atoms with Gasteiger partial charge >= 0.3 is 0 Å². The van der Waals surface area contributed by atoms with Crippen molar-refractivity contribution in [2.75, 3.05) is 17.7 Å². The van der Waals surface area contributed by atoms with Crippen LogP contribution < -0.4 is 15.4 Å². The molecule has 0 aliphatic heterocycles. The number of carbonyl (C=O) groups excluding carboxylic acids is 1. The van der Waals surface area contributed by atoms with Crippen LogP contribution in [0.25, 0.3) is 0 Å². The molecule has 1 saturated carbocycles. The Balaban J connectivity index is 2.09. The van der Waals surface area contributed by atoms with E-state index < -0.39 is 0 Å². The van der Waals surface area contributed by atoms with Crippen LogP contribution in [0.5, 0.6) is 5.75 Å². The van der Waals surface area contributed by atoms with Gasteiger partial charge in [0.2, 0.25) is 5.91 Å². The first-order valence-corrected chi connectivity index (χ1v) is 7.24. The fourth-order valence-corrected chi connectivity index (χ4v) is 2.75. The van der Waals surface area contributed by atoms with Gasteiger partial charge in [-0.25, -0.2) is 0 Å². The number of nitrogens with zero attached hydrogens (tertiary/aromatic N) is 1. The van der Waals surface area contributed by atoms with Crippen molar-refractivity contribution < 1.29 is 9.53 Å². The molecule has 0 spiro atoms. The van der Waals surface area contributed by atoms with E-state index in [-0.39, 0.29) is 11.8 Å². The van der Waals surface area contributed by atoms with Crippen molar-refractivity contribution in [2.24, 2.45) is 5.92 Å². The van der Waals surface area contributed by atoms with Crippen LogP contribution in [0, 0.1) is 17.2 Å². The number of nitrogens with one attached hydrogen (secondary N) is 2. The van der Waals surface area contributed by atoms with Crippen LogP contribution in [0.4, 0.5) is 11.4 Å². The number of hydrogen-bond donors (Lipinski definition) is 2. The monoisotopic (exact) mass is 287 g/mol. The van der Waals surface area contributed by atoms with E-state index in [0.717, 1.165) is 31.4 Å². The van der Waals surface area contributed by atoms with Gasteiger partial charge in [-0.3, -0.25) is 4.79 Å². The number of rotatable bonds is 4. The Morgan fingerprint density at radius 2 is 2.24 bits per heavy atom. The molecular weight excluding hydrogens is 266 g/mol. The second-order valence-electron chi connectivity index (χ2n) is 5.43. The average molecular weight is 287 g/mol. The molecule has 1 aliphatic rings. The molecule has 0 bridgehead atoms. The second kappa shape index (κ2) is 6.98. The van der Waals surface area contributed by atoms with E-state index in [1.54, 1.807) is 13.2 Å². The number of carbonyl (C=O) groups is 1. The summed E-state index contributed by atoms with van der Waals surface area (Å²) in [5.74, 6) is 0.725. The first-order chi connectivity index (χ1) is 10.1. The highest BCUT2D eigenvalue weighted by Gasteiger charge is 2.22. The Bertz CT molecular complexity index is 551. The van der Waals surface area contributed by atoms with Gasteiger partial charge in [-0.2, -0.15) is 5.26 Å². The molecule has 5 nitrogen and oxygen atoms in total. The molecule has 0 saturated heterocycles. The van der Waals surface area contributed by atoms with Gasteiger partial charge in [-0.15, -0.1) is 0 Å². The summed E-state index contributed by atoms with van der Waals surface area (Å²) in [5, 5.41) is 15.2. The highest BCUT2D eigenvalue weighted by molar-refractivity contribution is 5.89. The van der Waals surface area contributed by atoms with E-state index in [4.69, 9.17) is 10.00 Å². The predicted molar refractivity (Wildman–Crippen MR) is 82.3 cm³/mol. The minimum Gasteiger partial charge on any atom is -0.495 e. The van der Waals surface area contributed by atoms with Gasteiger partial charge in [0.1, 0.15) is 5.75 Å². The number of hydrogen-bond acceptors (Lipinski definition) is 4. The zero-order valence-electron chi connectivity index (χ0n) is 12.5. The number of amides is 1. The lowest BCUT2D eigenvalue weighted by atomic mass is 9.86. The largest absolute Gasteiger partial charge is 0.495 e. The van der Waals surface area contributed by atoms with E-state index >= 15 is 0 Å². The number of ether oxygens (including phenoxy) is 1. The van der Waals surface area contributed by atoms with E-state index in [9.17, 15) is 4.79 Å². The molecule has 1 aromatic rings. The SMILES string of the molecule is COc1cc(NC(C)=O)ccc1N[C@@H]1CCC[C@H](C#N)C1. The maximum atomic E-state index is 11.1. The molecule has 112 valence electrons. The van der Waals surface area contributed by atoms with Crippen molar-refractivity contribution in [3.05, 3.63) is 18.2 Å². The lowest BCUT2D eigenvalue weighted by molar-refractivity contribution is -0.114. The smallest absolute Gasteiger partial charge is 0.221 e. The van der Waals surface area contributed by atoms with Gasteiger partial charge in [0, 0.05) is 30.6 Å². The summed E-state index contributed by atoms with van der Waals surface area (Å²) in [5.41, 5.74) is 1.61. The Labute approximate surface area is 125 Å². The van der Waals surface area contributed by atoms with Crippen molar-refractivity contribution in [3.63, 3.8) is 0 Å². The molecule has 2 atom stereocenters. The standard InChI is InChI=1S/C16H21N3O2/c1-11(20)18-14-6-7-15(16(9-14)21-2)19-13-5-3-4-12(8-13)10-17/h6-7,9,12-13,19H,3-5,8H2,1-2H3,(H,18,20)/t12-,13+/m0/s1. The first-order valence-electron chi connectivity index (χ1n) is 7.24. The third-order valence-electron chi connectivity index (χ3n) is 3.74. The van der Waals surface area contributed by atoms with Crippen molar-refractivity contribution in [2.45, 2.75) is 38.6 Å². The number of anilines is 2. The number of benzene rings is 1. The van der Waals surface area contributed by atoms with Crippen LogP contribution in [0.3, 0.4) is 0 Å². The highest BCUT2D eigenvalue weighted by atomic mass is 16.5. The molecule has 21 heavy (non-hydrogen) atoms. The summed E-state index contributed by atoms with van der Waals surface area (Å²) in [6.07, 6.45) is 4.00. The Hall–Kier alpha value is -2.22. The minimum absolute atomic E-state index is 0.109. The van der Waals surface area contributed by atoms with Crippen molar-refractivity contribution in [1.29, 1.82) is 5.26 Å². The van der Waals surface area contributed by atoms with Gasteiger partial charge < -0.3 is 15.4 Å². The van der Waals surface area contributed by atoms with Crippen LogP contribution in [0.1, 0.15) is 32.6 Å².